The van der Waals surface area contributed by atoms with Crippen molar-refractivity contribution in [1.29, 1.82) is 0 Å². The summed E-state index contributed by atoms with van der Waals surface area (Å²) in [6, 6.07) is 13.3. The zero-order chi connectivity index (χ0) is 21.6. The number of rotatable bonds is 4. The van der Waals surface area contributed by atoms with Crippen LogP contribution in [0.4, 0.5) is 5.69 Å². The summed E-state index contributed by atoms with van der Waals surface area (Å²) in [4.78, 5) is 40.6. The van der Waals surface area contributed by atoms with Crippen LogP contribution in [0.5, 0.6) is 0 Å². The number of aliphatic carboxylic acids is 1. The monoisotopic (exact) mass is 458 g/mol. The second-order valence-electron chi connectivity index (χ2n) is 6.80. The highest BCUT2D eigenvalue weighted by molar-refractivity contribution is 8.26. The molecule has 2 aromatic carbocycles. The summed E-state index contributed by atoms with van der Waals surface area (Å²) in [5.74, 6) is -2.05. The van der Waals surface area contributed by atoms with Crippen molar-refractivity contribution in [2.45, 2.75) is 19.5 Å². The molecular weight excluding hydrogens is 444 g/mol. The number of carbonyl (C=O) groups excluding carboxylic acids is 2. The number of para-hydroxylation sites is 1. The Hall–Kier alpha value is -2.68. The normalized spacial score (nSPS) is 19.5. The van der Waals surface area contributed by atoms with E-state index in [2.05, 4.69) is 0 Å². The third kappa shape index (κ3) is 3.40. The molecule has 2 aliphatic heterocycles. The van der Waals surface area contributed by atoms with Crippen molar-refractivity contribution in [3.8, 4) is 0 Å². The summed E-state index contributed by atoms with van der Waals surface area (Å²) < 4.78 is 0.124. The van der Waals surface area contributed by atoms with E-state index < -0.39 is 17.9 Å². The van der Waals surface area contributed by atoms with Crippen LogP contribution in [0.25, 0.3) is 5.57 Å². The Labute approximate surface area is 187 Å². The van der Waals surface area contributed by atoms with Crippen molar-refractivity contribution >= 4 is 68.9 Å². The molecular formula is C21H15ClN2O4S2. The number of carboxylic acids is 1. The molecule has 1 saturated heterocycles. The van der Waals surface area contributed by atoms with Gasteiger partial charge in [-0.1, -0.05) is 65.9 Å². The maximum atomic E-state index is 13.4. The van der Waals surface area contributed by atoms with Crippen LogP contribution in [0.15, 0.2) is 53.4 Å². The van der Waals surface area contributed by atoms with E-state index in [1.807, 2.05) is 24.3 Å². The molecule has 1 fully saturated rings. The molecule has 1 atom stereocenters. The summed E-state index contributed by atoms with van der Waals surface area (Å²) in [6.45, 7) is 1.69. The van der Waals surface area contributed by atoms with Gasteiger partial charge in [-0.2, -0.15) is 0 Å². The zero-order valence-electron chi connectivity index (χ0n) is 15.7. The molecule has 0 radical (unpaired) electrons. The van der Waals surface area contributed by atoms with Gasteiger partial charge in [-0.25, -0.2) is 4.79 Å². The second kappa shape index (κ2) is 7.86. The fourth-order valence-corrected chi connectivity index (χ4v) is 5.02. The van der Waals surface area contributed by atoms with Crippen LogP contribution in [-0.4, -0.2) is 38.2 Å². The second-order valence-corrected chi connectivity index (χ2v) is 8.88. The van der Waals surface area contributed by atoms with Crippen LogP contribution in [0.1, 0.15) is 18.1 Å². The molecule has 2 amide bonds. The molecule has 4 rings (SSSR count). The number of fused-ring (bicyclic) bond motifs is 1. The number of hydrogen-bond acceptors (Lipinski definition) is 5. The van der Waals surface area contributed by atoms with Crippen LogP contribution in [-0.2, 0) is 20.9 Å². The third-order valence-corrected chi connectivity index (χ3v) is 6.60. The smallest absolute Gasteiger partial charge is 0.326 e. The van der Waals surface area contributed by atoms with Crippen molar-refractivity contribution in [2.75, 3.05) is 4.90 Å². The largest absolute Gasteiger partial charge is 0.480 e. The maximum Gasteiger partial charge on any atom is 0.326 e. The maximum absolute atomic E-state index is 13.4. The van der Waals surface area contributed by atoms with Crippen molar-refractivity contribution < 1.29 is 19.5 Å². The van der Waals surface area contributed by atoms with E-state index in [4.69, 9.17) is 23.8 Å². The highest BCUT2D eigenvalue weighted by Gasteiger charge is 2.44. The first-order valence-corrected chi connectivity index (χ1v) is 10.6. The fourth-order valence-electron chi connectivity index (χ4n) is 3.40. The molecule has 0 aromatic heterocycles. The number of amides is 2. The Morgan fingerprint density at radius 1 is 1.13 bits per heavy atom. The van der Waals surface area contributed by atoms with Crippen molar-refractivity contribution in [1.82, 2.24) is 4.90 Å². The van der Waals surface area contributed by atoms with Gasteiger partial charge in [-0.3, -0.25) is 14.5 Å². The SMILES string of the molecule is CC(C(=O)O)N1C(=O)C(=C2C(=O)N(Cc3ccc(Cl)cc3)c3ccccc32)SC1=S. The van der Waals surface area contributed by atoms with Crippen molar-refractivity contribution in [3.05, 3.63) is 69.6 Å². The topological polar surface area (TPSA) is 77.9 Å². The standard InChI is InChI=1S/C21H15ClN2O4S2/c1-11(20(27)28)24-19(26)17(30-21(24)29)16-14-4-2-3-5-15(14)23(18(16)25)10-12-6-8-13(22)9-7-12/h2-9,11H,10H2,1H3,(H,27,28). The number of thiocarbonyl (C=S) groups is 1. The molecule has 0 aliphatic carbocycles. The molecule has 1 N–H and O–H groups in total. The number of benzene rings is 2. The number of thioether (sulfide) groups is 1. The molecule has 152 valence electrons. The van der Waals surface area contributed by atoms with E-state index in [1.165, 1.54) is 6.92 Å². The van der Waals surface area contributed by atoms with Gasteiger partial charge in [0.15, 0.2) is 0 Å². The van der Waals surface area contributed by atoms with Crippen LogP contribution < -0.4 is 4.90 Å². The molecule has 0 spiro atoms. The minimum absolute atomic E-state index is 0.124. The van der Waals surface area contributed by atoms with E-state index in [1.54, 1.807) is 29.2 Å². The summed E-state index contributed by atoms with van der Waals surface area (Å²) >= 11 is 12.2. The molecule has 2 aromatic rings. The molecule has 2 heterocycles. The van der Waals surface area contributed by atoms with Gasteiger partial charge in [-0.15, -0.1) is 0 Å². The molecule has 9 heteroatoms. The highest BCUT2D eigenvalue weighted by Crippen LogP contribution is 2.45. The lowest BCUT2D eigenvalue weighted by atomic mass is 10.1. The van der Waals surface area contributed by atoms with Gasteiger partial charge in [0.25, 0.3) is 11.8 Å². The van der Waals surface area contributed by atoms with Crippen molar-refractivity contribution in [2.24, 2.45) is 0 Å². The first kappa shape index (κ1) is 20.6. The first-order chi connectivity index (χ1) is 14.3. The third-order valence-electron chi connectivity index (χ3n) is 4.95. The van der Waals surface area contributed by atoms with Crippen LogP contribution in [0.3, 0.4) is 0 Å². The van der Waals surface area contributed by atoms with Gasteiger partial charge in [0.1, 0.15) is 10.4 Å². The van der Waals surface area contributed by atoms with E-state index in [0.717, 1.165) is 22.2 Å². The van der Waals surface area contributed by atoms with Gasteiger partial charge in [-0.05, 0) is 30.7 Å². The van der Waals surface area contributed by atoms with E-state index >= 15 is 0 Å². The van der Waals surface area contributed by atoms with E-state index in [0.29, 0.717) is 22.8 Å². The van der Waals surface area contributed by atoms with Crippen LogP contribution in [0.2, 0.25) is 5.02 Å². The Bertz CT molecular complexity index is 1130. The van der Waals surface area contributed by atoms with Gasteiger partial charge in [0, 0.05) is 10.6 Å². The lowest BCUT2D eigenvalue weighted by Gasteiger charge is -2.19. The van der Waals surface area contributed by atoms with Crippen LogP contribution >= 0.6 is 35.6 Å². The Kier molecular flexibility index (Phi) is 5.40. The molecule has 1 unspecified atom stereocenters. The summed E-state index contributed by atoms with van der Waals surface area (Å²) in [6.07, 6.45) is 0. The quantitative estimate of drug-likeness (QED) is 0.552. The van der Waals surface area contributed by atoms with Gasteiger partial charge in [0.2, 0.25) is 0 Å². The Balaban J connectivity index is 1.77. The van der Waals surface area contributed by atoms with Gasteiger partial charge in [0.05, 0.1) is 22.7 Å². The summed E-state index contributed by atoms with van der Waals surface area (Å²) in [7, 11) is 0. The van der Waals surface area contributed by atoms with Gasteiger partial charge >= 0.3 is 5.97 Å². The van der Waals surface area contributed by atoms with E-state index in [-0.39, 0.29) is 20.7 Å². The first-order valence-electron chi connectivity index (χ1n) is 8.97. The molecule has 0 bridgehead atoms. The minimum atomic E-state index is -1.17. The molecule has 6 nitrogen and oxygen atoms in total. The minimum Gasteiger partial charge on any atom is -0.480 e. The number of hydrogen-bond donors (Lipinski definition) is 1. The average Bonchev–Trinajstić information content (AvgIpc) is 3.16. The molecule has 2 aliphatic rings. The average molecular weight is 459 g/mol. The molecule has 0 saturated carbocycles. The van der Waals surface area contributed by atoms with Crippen LogP contribution in [0, 0.1) is 0 Å². The zero-order valence-corrected chi connectivity index (χ0v) is 18.1. The predicted molar refractivity (Wildman–Crippen MR) is 120 cm³/mol. The van der Waals surface area contributed by atoms with Gasteiger partial charge < -0.3 is 10.0 Å². The number of nitrogens with zero attached hydrogens (tertiary/aromatic N) is 2. The summed E-state index contributed by atoms with van der Waals surface area (Å²) in [5.41, 5.74) is 2.44. The van der Waals surface area contributed by atoms with Crippen molar-refractivity contribution in [3.63, 3.8) is 0 Å². The lowest BCUT2D eigenvalue weighted by Crippen LogP contribution is -2.41. The van der Waals surface area contributed by atoms with E-state index in [9.17, 15) is 19.5 Å². The number of carboxylic acid groups (broad SMARTS) is 1. The number of anilines is 1. The highest BCUT2D eigenvalue weighted by atomic mass is 35.5. The fraction of sp³-hybridized carbons (Fsp3) is 0.143. The Morgan fingerprint density at radius 2 is 1.80 bits per heavy atom. The number of halogens is 1. The summed E-state index contributed by atoms with van der Waals surface area (Å²) in [5, 5.41) is 9.90. The Morgan fingerprint density at radius 3 is 2.47 bits per heavy atom. The molecule has 30 heavy (non-hydrogen) atoms. The predicted octanol–water partition coefficient (Wildman–Crippen LogP) is 3.93. The lowest BCUT2D eigenvalue weighted by molar-refractivity contribution is -0.144. The number of carbonyl (C=O) groups is 3.